The van der Waals surface area contributed by atoms with E-state index >= 15 is 0 Å². The third-order valence-corrected chi connectivity index (χ3v) is 6.48. The van der Waals surface area contributed by atoms with E-state index in [2.05, 4.69) is 15.0 Å². The zero-order valence-corrected chi connectivity index (χ0v) is 17.8. The Kier molecular flexibility index (Phi) is 6.39. The van der Waals surface area contributed by atoms with Gasteiger partial charge in [-0.2, -0.15) is 5.10 Å². The standard InChI is InChI=1S/C19H23ClN6O2S/c1-14-3-4-15(20)18-17(14)23-19(29-18)26(16(27)11-25-13-21-12-22-25)6-2-5-24-7-9-28-10-8-24/h3-4,12-13H,2,5-11H2,1H3. The number of morpholine rings is 1. The maximum Gasteiger partial charge on any atom is 0.250 e. The minimum Gasteiger partial charge on any atom is -0.379 e. The van der Waals surface area contributed by atoms with Gasteiger partial charge < -0.3 is 4.74 Å². The number of benzene rings is 1. The Morgan fingerprint density at radius 3 is 2.90 bits per heavy atom. The molecular formula is C19H23ClN6O2S. The fourth-order valence-corrected chi connectivity index (χ4v) is 4.71. The molecule has 3 aromatic rings. The van der Waals surface area contributed by atoms with E-state index in [1.807, 2.05) is 19.1 Å². The van der Waals surface area contributed by atoms with Gasteiger partial charge in [-0.3, -0.25) is 14.6 Å². The number of fused-ring (bicyclic) bond motifs is 1. The van der Waals surface area contributed by atoms with Gasteiger partial charge in [0.1, 0.15) is 19.2 Å². The summed E-state index contributed by atoms with van der Waals surface area (Å²) in [6, 6.07) is 3.83. The summed E-state index contributed by atoms with van der Waals surface area (Å²) < 4.78 is 7.85. The van der Waals surface area contributed by atoms with Crippen LogP contribution in [0.15, 0.2) is 24.8 Å². The number of aromatic nitrogens is 4. The lowest BCUT2D eigenvalue weighted by molar-refractivity contribution is -0.119. The highest BCUT2D eigenvalue weighted by Gasteiger charge is 2.22. The maximum atomic E-state index is 13.1. The van der Waals surface area contributed by atoms with Crippen molar-refractivity contribution in [3.63, 3.8) is 0 Å². The molecular weight excluding hydrogens is 412 g/mol. The van der Waals surface area contributed by atoms with Gasteiger partial charge in [-0.25, -0.2) is 14.6 Å². The summed E-state index contributed by atoms with van der Waals surface area (Å²) >= 11 is 7.83. The molecule has 154 valence electrons. The van der Waals surface area contributed by atoms with Crippen molar-refractivity contribution in [2.45, 2.75) is 19.9 Å². The normalized spacial score (nSPS) is 15.1. The van der Waals surface area contributed by atoms with Crippen molar-refractivity contribution in [2.24, 2.45) is 0 Å². The van der Waals surface area contributed by atoms with Gasteiger partial charge in [0.15, 0.2) is 5.13 Å². The van der Waals surface area contributed by atoms with Crippen LogP contribution in [0.3, 0.4) is 0 Å². The number of aryl methyl sites for hydroxylation is 1. The molecule has 0 spiro atoms. The van der Waals surface area contributed by atoms with Crippen LogP contribution in [0.5, 0.6) is 0 Å². The molecule has 1 fully saturated rings. The van der Waals surface area contributed by atoms with Crippen molar-refractivity contribution in [3.05, 3.63) is 35.4 Å². The van der Waals surface area contributed by atoms with Gasteiger partial charge in [-0.05, 0) is 25.0 Å². The Hall–Kier alpha value is -2.07. The average Bonchev–Trinajstić information content (AvgIpc) is 3.39. The SMILES string of the molecule is Cc1ccc(Cl)c2sc(N(CCCN3CCOCC3)C(=O)Cn3cncn3)nc12. The van der Waals surface area contributed by atoms with Gasteiger partial charge in [0.2, 0.25) is 0 Å². The number of nitrogens with zero attached hydrogens (tertiary/aromatic N) is 6. The first-order valence-corrected chi connectivity index (χ1v) is 10.8. The Morgan fingerprint density at radius 2 is 2.17 bits per heavy atom. The maximum absolute atomic E-state index is 13.1. The lowest BCUT2D eigenvalue weighted by atomic mass is 10.2. The van der Waals surface area contributed by atoms with Crippen LogP contribution in [0.2, 0.25) is 5.02 Å². The molecule has 0 atom stereocenters. The fraction of sp³-hybridized carbons (Fsp3) is 0.474. The molecule has 0 N–H and O–H groups in total. The van der Waals surface area contributed by atoms with E-state index in [1.165, 1.54) is 22.3 Å². The predicted molar refractivity (Wildman–Crippen MR) is 114 cm³/mol. The quantitative estimate of drug-likeness (QED) is 0.569. The van der Waals surface area contributed by atoms with E-state index in [4.69, 9.17) is 21.3 Å². The highest BCUT2D eigenvalue weighted by atomic mass is 35.5. The number of ether oxygens (including phenoxy) is 1. The number of carbonyl (C=O) groups is 1. The van der Waals surface area contributed by atoms with Gasteiger partial charge in [0.05, 0.1) is 28.5 Å². The summed E-state index contributed by atoms with van der Waals surface area (Å²) in [6.45, 7) is 7.03. The second-order valence-corrected chi connectivity index (χ2v) is 8.37. The third-order valence-electron chi connectivity index (χ3n) is 4.94. The molecule has 1 amide bonds. The number of rotatable bonds is 7. The first-order chi connectivity index (χ1) is 14.1. The summed E-state index contributed by atoms with van der Waals surface area (Å²) in [5.41, 5.74) is 1.90. The highest BCUT2D eigenvalue weighted by Crippen LogP contribution is 2.35. The Labute approximate surface area is 178 Å². The summed E-state index contributed by atoms with van der Waals surface area (Å²) in [6.07, 6.45) is 3.83. The molecule has 1 aromatic carbocycles. The fourth-order valence-electron chi connectivity index (χ4n) is 3.35. The monoisotopic (exact) mass is 434 g/mol. The van der Waals surface area contributed by atoms with Crippen LogP contribution in [-0.4, -0.2) is 69.9 Å². The van der Waals surface area contributed by atoms with E-state index in [0.29, 0.717) is 16.7 Å². The zero-order valence-electron chi connectivity index (χ0n) is 16.3. The number of anilines is 1. The summed E-state index contributed by atoms with van der Waals surface area (Å²) in [5, 5.41) is 5.38. The van der Waals surface area contributed by atoms with Crippen molar-refractivity contribution in [3.8, 4) is 0 Å². The van der Waals surface area contributed by atoms with Crippen LogP contribution in [-0.2, 0) is 16.1 Å². The van der Waals surface area contributed by atoms with Crippen molar-refractivity contribution in [2.75, 3.05) is 44.3 Å². The van der Waals surface area contributed by atoms with E-state index in [1.54, 1.807) is 11.2 Å². The highest BCUT2D eigenvalue weighted by molar-refractivity contribution is 7.23. The van der Waals surface area contributed by atoms with Crippen LogP contribution < -0.4 is 4.90 Å². The van der Waals surface area contributed by atoms with Gasteiger partial charge in [-0.1, -0.05) is 29.0 Å². The average molecular weight is 435 g/mol. The van der Waals surface area contributed by atoms with Gasteiger partial charge >= 0.3 is 0 Å². The van der Waals surface area contributed by atoms with E-state index in [0.717, 1.165) is 55.0 Å². The van der Waals surface area contributed by atoms with Crippen LogP contribution in [0.4, 0.5) is 5.13 Å². The molecule has 3 heterocycles. The minimum atomic E-state index is -0.0645. The van der Waals surface area contributed by atoms with Crippen LogP contribution in [0.25, 0.3) is 10.2 Å². The Morgan fingerprint density at radius 1 is 1.34 bits per heavy atom. The summed E-state index contributed by atoms with van der Waals surface area (Å²) in [7, 11) is 0. The van der Waals surface area contributed by atoms with Crippen LogP contribution in [0, 0.1) is 6.92 Å². The minimum absolute atomic E-state index is 0.0645. The molecule has 1 aliphatic rings. The molecule has 29 heavy (non-hydrogen) atoms. The van der Waals surface area contributed by atoms with Gasteiger partial charge in [0.25, 0.3) is 5.91 Å². The smallest absolute Gasteiger partial charge is 0.250 e. The largest absolute Gasteiger partial charge is 0.379 e. The molecule has 2 aromatic heterocycles. The van der Waals surface area contributed by atoms with Crippen molar-refractivity contribution in [1.29, 1.82) is 0 Å². The van der Waals surface area contributed by atoms with Crippen molar-refractivity contribution < 1.29 is 9.53 Å². The lowest BCUT2D eigenvalue weighted by Gasteiger charge is -2.27. The second kappa shape index (κ2) is 9.17. The van der Waals surface area contributed by atoms with Gasteiger partial charge in [-0.15, -0.1) is 0 Å². The number of amides is 1. The number of thiazole rings is 1. The predicted octanol–water partition coefficient (Wildman–Crippen LogP) is 2.61. The second-order valence-electron chi connectivity index (χ2n) is 6.98. The van der Waals surface area contributed by atoms with E-state index < -0.39 is 0 Å². The first kappa shape index (κ1) is 20.2. The lowest BCUT2D eigenvalue weighted by Crippen LogP contribution is -2.40. The molecule has 1 aliphatic heterocycles. The summed E-state index contributed by atoms with van der Waals surface area (Å²) in [5.74, 6) is -0.0645. The molecule has 10 heteroatoms. The zero-order chi connectivity index (χ0) is 20.2. The van der Waals surface area contributed by atoms with Crippen molar-refractivity contribution >= 4 is 44.2 Å². The first-order valence-electron chi connectivity index (χ1n) is 9.60. The third kappa shape index (κ3) is 4.75. The van der Waals surface area contributed by atoms with Crippen LogP contribution >= 0.6 is 22.9 Å². The summed E-state index contributed by atoms with van der Waals surface area (Å²) in [4.78, 5) is 25.9. The molecule has 8 nitrogen and oxygen atoms in total. The molecule has 1 saturated heterocycles. The Balaban J connectivity index is 1.54. The Bertz CT molecular complexity index is 932. The number of hydrogen-bond donors (Lipinski definition) is 0. The van der Waals surface area contributed by atoms with Gasteiger partial charge in [0, 0.05) is 26.2 Å². The molecule has 0 saturated carbocycles. The topological polar surface area (TPSA) is 76.4 Å². The van der Waals surface area contributed by atoms with Crippen LogP contribution in [0.1, 0.15) is 12.0 Å². The van der Waals surface area contributed by atoms with Crippen molar-refractivity contribution in [1.82, 2.24) is 24.6 Å². The molecule has 0 unspecified atom stereocenters. The molecule has 0 bridgehead atoms. The molecule has 4 rings (SSSR count). The number of carbonyl (C=O) groups excluding carboxylic acids is 1. The molecule has 0 radical (unpaired) electrons. The number of halogens is 1. The van der Waals surface area contributed by atoms with E-state index in [9.17, 15) is 4.79 Å². The molecule has 0 aliphatic carbocycles. The van der Waals surface area contributed by atoms with E-state index in [-0.39, 0.29) is 12.5 Å². The number of hydrogen-bond acceptors (Lipinski definition) is 7.